The maximum atomic E-state index is 12.2. The smallest absolute Gasteiger partial charge is 0.338 e. The first-order valence-corrected chi connectivity index (χ1v) is 7.31. The van der Waals surface area contributed by atoms with E-state index in [1.54, 1.807) is 13.8 Å². The molecule has 0 aliphatic rings. The molecule has 0 bridgehead atoms. The van der Waals surface area contributed by atoms with Crippen LogP contribution in [0.25, 0.3) is 0 Å². The van der Waals surface area contributed by atoms with Crippen molar-refractivity contribution in [2.45, 2.75) is 32.3 Å². The van der Waals surface area contributed by atoms with Crippen molar-refractivity contribution in [2.24, 2.45) is 0 Å². The third-order valence-electron chi connectivity index (χ3n) is 3.53. The summed E-state index contributed by atoms with van der Waals surface area (Å²) in [6, 6.07) is 12.0. The highest BCUT2D eigenvalue weighted by Gasteiger charge is 2.25. The number of phenols is 3. The third kappa shape index (κ3) is 4.39. The number of ether oxygens (including phenoxy) is 1. The molecule has 0 spiro atoms. The van der Waals surface area contributed by atoms with Gasteiger partial charge in [0.25, 0.3) is 0 Å². The van der Waals surface area contributed by atoms with Crippen LogP contribution in [0.1, 0.15) is 36.2 Å². The maximum absolute atomic E-state index is 12.2. The van der Waals surface area contributed by atoms with Gasteiger partial charge in [-0.3, -0.25) is 0 Å². The molecule has 0 saturated carbocycles. The van der Waals surface area contributed by atoms with Gasteiger partial charge in [0, 0.05) is 0 Å². The summed E-state index contributed by atoms with van der Waals surface area (Å²) in [6.07, 6.45) is 1.38. The Morgan fingerprint density at radius 2 is 1.61 bits per heavy atom. The summed E-state index contributed by atoms with van der Waals surface area (Å²) in [4.78, 5) is 12.2. The van der Waals surface area contributed by atoms with Gasteiger partial charge in [-0.05, 0) is 44.4 Å². The van der Waals surface area contributed by atoms with Crippen LogP contribution >= 0.6 is 0 Å². The Balaban J connectivity index is 2.03. The highest BCUT2D eigenvalue weighted by Crippen LogP contribution is 2.36. The lowest BCUT2D eigenvalue weighted by Gasteiger charge is -2.25. The minimum Gasteiger partial charge on any atom is -0.504 e. The van der Waals surface area contributed by atoms with E-state index in [9.17, 15) is 20.1 Å². The third-order valence-corrected chi connectivity index (χ3v) is 3.53. The molecule has 122 valence electrons. The molecule has 5 nitrogen and oxygen atoms in total. The Kier molecular flexibility index (Phi) is 4.79. The predicted molar refractivity (Wildman–Crippen MR) is 85.7 cm³/mol. The van der Waals surface area contributed by atoms with E-state index in [0.717, 1.165) is 24.1 Å². The Morgan fingerprint density at radius 1 is 1.04 bits per heavy atom. The van der Waals surface area contributed by atoms with Crippen LogP contribution in [0, 0.1) is 0 Å². The fourth-order valence-electron chi connectivity index (χ4n) is 2.17. The van der Waals surface area contributed by atoms with Crippen LogP contribution < -0.4 is 0 Å². The number of rotatable bonds is 5. The molecule has 0 unspecified atom stereocenters. The summed E-state index contributed by atoms with van der Waals surface area (Å²) >= 11 is 0. The average Bonchev–Trinajstić information content (AvgIpc) is 2.51. The molecule has 0 atom stereocenters. The molecule has 0 aromatic heterocycles. The summed E-state index contributed by atoms with van der Waals surface area (Å²) in [5, 5.41) is 28.2. The molecule has 2 aromatic carbocycles. The Labute approximate surface area is 134 Å². The number of benzene rings is 2. The minimum absolute atomic E-state index is 0.0226. The summed E-state index contributed by atoms with van der Waals surface area (Å²) in [5.74, 6) is -2.48. The van der Waals surface area contributed by atoms with Gasteiger partial charge in [-0.2, -0.15) is 0 Å². The first kappa shape index (κ1) is 16.7. The fourth-order valence-corrected chi connectivity index (χ4v) is 2.17. The topological polar surface area (TPSA) is 87.0 Å². The van der Waals surface area contributed by atoms with E-state index in [0.29, 0.717) is 6.42 Å². The zero-order valence-corrected chi connectivity index (χ0v) is 13.1. The van der Waals surface area contributed by atoms with Gasteiger partial charge in [-0.25, -0.2) is 4.79 Å². The van der Waals surface area contributed by atoms with Crippen molar-refractivity contribution < 1.29 is 24.9 Å². The predicted octanol–water partition coefficient (Wildman–Crippen LogP) is 3.37. The average molecular weight is 316 g/mol. The minimum atomic E-state index is -0.712. The van der Waals surface area contributed by atoms with E-state index >= 15 is 0 Å². The second-order valence-corrected chi connectivity index (χ2v) is 6.00. The van der Waals surface area contributed by atoms with Crippen LogP contribution in [0.5, 0.6) is 17.2 Å². The summed E-state index contributed by atoms with van der Waals surface area (Å²) in [7, 11) is 0. The number of carbonyl (C=O) groups excluding carboxylic acids is 1. The largest absolute Gasteiger partial charge is 0.504 e. The number of aryl methyl sites for hydroxylation is 1. The first-order chi connectivity index (χ1) is 10.8. The van der Waals surface area contributed by atoms with Crippen LogP contribution in [-0.2, 0) is 11.2 Å². The Hall–Kier alpha value is -2.69. The molecule has 0 amide bonds. The molecule has 0 fully saturated rings. The highest BCUT2D eigenvalue weighted by atomic mass is 16.6. The van der Waals surface area contributed by atoms with Crippen molar-refractivity contribution in [1.29, 1.82) is 0 Å². The lowest BCUT2D eigenvalue weighted by Crippen LogP contribution is -2.28. The first-order valence-electron chi connectivity index (χ1n) is 7.31. The van der Waals surface area contributed by atoms with Crippen LogP contribution in [0.2, 0.25) is 0 Å². The van der Waals surface area contributed by atoms with E-state index < -0.39 is 28.8 Å². The highest BCUT2D eigenvalue weighted by molar-refractivity contribution is 5.91. The molecule has 0 heterocycles. The molecule has 2 rings (SSSR count). The van der Waals surface area contributed by atoms with E-state index in [1.165, 1.54) is 0 Å². The van der Waals surface area contributed by atoms with Gasteiger partial charge >= 0.3 is 5.97 Å². The standard InChI is InChI=1S/C18H20O5/c1-18(2,9-8-12-6-4-3-5-7-12)23-17(22)13-10-14(19)16(21)15(20)11-13/h3-7,10-11,19-21H,8-9H2,1-2H3. The van der Waals surface area contributed by atoms with Gasteiger partial charge in [0.2, 0.25) is 0 Å². The molecular weight excluding hydrogens is 296 g/mol. The molecule has 23 heavy (non-hydrogen) atoms. The van der Waals surface area contributed by atoms with Crippen molar-refractivity contribution >= 4 is 5.97 Å². The van der Waals surface area contributed by atoms with Gasteiger partial charge in [-0.1, -0.05) is 30.3 Å². The second-order valence-electron chi connectivity index (χ2n) is 6.00. The normalized spacial score (nSPS) is 11.2. The lowest BCUT2D eigenvalue weighted by atomic mass is 9.98. The quantitative estimate of drug-likeness (QED) is 0.581. The molecule has 0 radical (unpaired) electrons. The molecule has 2 aromatic rings. The van der Waals surface area contributed by atoms with Crippen molar-refractivity contribution in [1.82, 2.24) is 0 Å². The number of hydrogen-bond acceptors (Lipinski definition) is 5. The number of aromatic hydroxyl groups is 3. The maximum Gasteiger partial charge on any atom is 0.338 e. The lowest BCUT2D eigenvalue weighted by molar-refractivity contribution is -0.00441. The van der Waals surface area contributed by atoms with Crippen molar-refractivity contribution in [2.75, 3.05) is 0 Å². The molecular formula is C18H20O5. The van der Waals surface area contributed by atoms with E-state index in [1.807, 2.05) is 30.3 Å². The molecule has 0 saturated heterocycles. The van der Waals surface area contributed by atoms with Gasteiger partial charge < -0.3 is 20.1 Å². The summed E-state index contributed by atoms with van der Waals surface area (Å²) < 4.78 is 5.45. The van der Waals surface area contributed by atoms with Crippen molar-refractivity contribution in [3.05, 3.63) is 53.6 Å². The number of carbonyl (C=O) groups is 1. The summed E-state index contributed by atoms with van der Waals surface area (Å²) in [5.41, 5.74) is 0.415. The van der Waals surface area contributed by atoms with Crippen LogP contribution in [0.15, 0.2) is 42.5 Å². The fraction of sp³-hybridized carbons (Fsp3) is 0.278. The van der Waals surface area contributed by atoms with Crippen LogP contribution in [0.3, 0.4) is 0 Å². The van der Waals surface area contributed by atoms with Gasteiger partial charge in [-0.15, -0.1) is 0 Å². The number of esters is 1. The molecule has 0 aliphatic carbocycles. The molecule has 5 heteroatoms. The van der Waals surface area contributed by atoms with Gasteiger partial charge in [0.15, 0.2) is 17.2 Å². The zero-order chi connectivity index (χ0) is 17.0. The Bertz CT molecular complexity index is 669. The molecule has 3 N–H and O–H groups in total. The van der Waals surface area contributed by atoms with Gasteiger partial charge in [0.1, 0.15) is 5.60 Å². The van der Waals surface area contributed by atoms with E-state index in [4.69, 9.17) is 4.74 Å². The van der Waals surface area contributed by atoms with E-state index in [2.05, 4.69) is 0 Å². The number of hydrogen-bond donors (Lipinski definition) is 3. The Morgan fingerprint density at radius 3 is 2.17 bits per heavy atom. The monoisotopic (exact) mass is 316 g/mol. The SMILES string of the molecule is CC(C)(CCc1ccccc1)OC(=O)c1cc(O)c(O)c(O)c1. The second kappa shape index (κ2) is 6.60. The van der Waals surface area contributed by atoms with Crippen molar-refractivity contribution in [3.63, 3.8) is 0 Å². The van der Waals surface area contributed by atoms with Crippen LogP contribution in [-0.4, -0.2) is 26.9 Å². The zero-order valence-electron chi connectivity index (χ0n) is 13.1. The van der Waals surface area contributed by atoms with E-state index in [-0.39, 0.29) is 5.56 Å². The van der Waals surface area contributed by atoms with Crippen molar-refractivity contribution in [3.8, 4) is 17.2 Å². The van der Waals surface area contributed by atoms with Crippen LogP contribution in [0.4, 0.5) is 0 Å². The molecule has 0 aliphatic heterocycles. The number of phenolic OH excluding ortho intramolecular Hbond substituents is 3. The summed E-state index contributed by atoms with van der Waals surface area (Å²) in [6.45, 7) is 3.60. The van der Waals surface area contributed by atoms with Gasteiger partial charge in [0.05, 0.1) is 5.56 Å².